The van der Waals surface area contributed by atoms with Crippen LogP contribution in [-0.2, 0) is 6.42 Å². The molecule has 1 heterocycles. The second kappa shape index (κ2) is 11.5. The Bertz CT molecular complexity index is 521. The van der Waals surface area contributed by atoms with Gasteiger partial charge in [-0.1, -0.05) is 62.4 Å². The van der Waals surface area contributed by atoms with E-state index in [0.29, 0.717) is 16.1 Å². The Kier molecular flexibility index (Phi) is 9.77. The molecule has 26 heavy (non-hydrogen) atoms. The van der Waals surface area contributed by atoms with Gasteiger partial charge in [0, 0.05) is 38.3 Å². The van der Waals surface area contributed by atoms with Crippen LogP contribution in [0.5, 0.6) is 0 Å². The maximum absolute atomic E-state index is 6.12. The Morgan fingerprint density at radius 3 is 2.23 bits per heavy atom. The van der Waals surface area contributed by atoms with Gasteiger partial charge in [-0.25, -0.2) is 0 Å². The van der Waals surface area contributed by atoms with Gasteiger partial charge in [0.15, 0.2) is 0 Å². The Morgan fingerprint density at radius 2 is 1.62 bits per heavy atom. The predicted octanol–water partition coefficient (Wildman–Crippen LogP) is 6.29. The van der Waals surface area contributed by atoms with Crippen molar-refractivity contribution in [2.45, 2.75) is 77.8 Å². The molecule has 1 unspecified atom stereocenters. The molecule has 1 aromatic rings. The molecule has 1 aromatic carbocycles. The Labute approximate surface area is 170 Å². The number of halogens is 2. The van der Waals surface area contributed by atoms with Crippen molar-refractivity contribution in [3.63, 3.8) is 0 Å². The van der Waals surface area contributed by atoms with Crippen molar-refractivity contribution in [1.29, 1.82) is 0 Å². The number of piperazine rings is 1. The van der Waals surface area contributed by atoms with E-state index >= 15 is 0 Å². The zero-order valence-electron chi connectivity index (χ0n) is 16.8. The molecule has 0 radical (unpaired) electrons. The number of rotatable bonds is 5. The van der Waals surface area contributed by atoms with Crippen LogP contribution in [-0.4, -0.2) is 48.1 Å². The van der Waals surface area contributed by atoms with Gasteiger partial charge in [0.05, 0.1) is 10.0 Å². The molecular weight excluding hydrogens is 363 g/mol. The summed E-state index contributed by atoms with van der Waals surface area (Å²) in [5, 5.41) is 1.32. The highest BCUT2D eigenvalue weighted by Gasteiger charge is 2.26. The summed E-state index contributed by atoms with van der Waals surface area (Å²) in [7, 11) is 0. The first-order valence-electron chi connectivity index (χ1n) is 10.6. The highest BCUT2D eigenvalue weighted by atomic mass is 35.5. The third-order valence-corrected chi connectivity index (χ3v) is 6.64. The van der Waals surface area contributed by atoms with Crippen LogP contribution >= 0.6 is 23.2 Å². The van der Waals surface area contributed by atoms with Crippen molar-refractivity contribution in [2.75, 3.05) is 26.2 Å². The van der Waals surface area contributed by atoms with Gasteiger partial charge in [0.25, 0.3) is 0 Å². The van der Waals surface area contributed by atoms with Crippen molar-refractivity contribution >= 4 is 23.2 Å². The standard InChI is InChI=1S/C20H30Cl2N2.C2H6/c1-16(7-8-17-9-10-19(21)20(22)15-17)23-11-13-24(14-12-23)18-5-3-2-4-6-18;1-2/h9-10,15-16,18H,2-8,11-14H2,1H3;1-2H3. The number of aryl methyl sites for hydroxylation is 1. The fourth-order valence-corrected chi connectivity index (χ4v) is 4.56. The minimum absolute atomic E-state index is 0.632. The fourth-order valence-electron chi connectivity index (χ4n) is 4.24. The van der Waals surface area contributed by atoms with Crippen LogP contribution in [0.4, 0.5) is 0 Å². The third kappa shape index (κ3) is 6.41. The topological polar surface area (TPSA) is 6.48 Å². The summed E-state index contributed by atoms with van der Waals surface area (Å²) >= 11 is 12.1. The SMILES string of the molecule is CC.CC(CCc1ccc(Cl)c(Cl)c1)N1CCN(C2CCCCC2)CC1. The highest BCUT2D eigenvalue weighted by molar-refractivity contribution is 6.42. The van der Waals surface area contributed by atoms with Crippen LogP contribution in [0.15, 0.2) is 18.2 Å². The summed E-state index contributed by atoms with van der Waals surface area (Å²) in [6.07, 6.45) is 9.42. The van der Waals surface area contributed by atoms with Gasteiger partial charge in [-0.15, -0.1) is 0 Å². The van der Waals surface area contributed by atoms with Gasteiger partial charge in [-0.3, -0.25) is 9.80 Å². The maximum Gasteiger partial charge on any atom is 0.0595 e. The van der Waals surface area contributed by atoms with Crippen LogP contribution < -0.4 is 0 Å². The molecule has 2 nitrogen and oxygen atoms in total. The van der Waals surface area contributed by atoms with E-state index in [4.69, 9.17) is 23.2 Å². The van der Waals surface area contributed by atoms with Gasteiger partial charge in [-0.2, -0.15) is 0 Å². The summed E-state index contributed by atoms with van der Waals surface area (Å²) in [5.41, 5.74) is 1.29. The molecule has 3 rings (SSSR count). The second-order valence-corrected chi connectivity index (χ2v) is 8.31. The smallest absolute Gasteiger partial charge is 0.0595 e. The van der Waals surface area contributed by atoms with E-state index in [-0.39, 0.29) is 0 Å². The lowest BCUT2D eigenvalue weighted by Crippen LogP contribution is -2.53. The first-order chi connectivity index (χ1) is 12.6. The molecule has 1 saturated heterocycles. The number of nitrogens with zero attached hydrogens (tertiary/aromatic N) is 2. The van der Waals surface area contributed by atoms with Gasteiger partial charge >= 0.3 is 0 Å². The fraction of sp³-hybridized carbons (Fsp3) is 0.727. The number of hydrogen-bond acceptors (Lipinski definition) is 2. The van der Waals surface area contributed by atoms with E-state index in [1.165, 1.54) is 70.3 Å². The van der Waals surface area contributed by atoms with Crippen molar-refractivity contribution in [2.24, 2.45) is 0 Å². The quantitative estimate of drug-likeness (QED) is 0.574. The lowest BCUT2D eigenvalue weighted by Gasteiger charge is -2.42. The molecule has 1 aliphatic heterocycles. The molecule has 1 saturated carbocycles. The van der Waals surface area contributed by atoms with E-state index in [1.54, 1.807) is 0 Å². The van der Waals surface area contributed by atoms with Crippen molar-refractivity contribution in [3.8, 4) is 0 Å². The molecule has 0 amide bonds. The highest BCUT2D eigenvalue weighted by Crippen LogP contribution is 2.25. The molecule has 2 aliphatic rings. The van der Waals surface area contributed by atoms with Gasteiger partial charge in [0.1, 0.15) is 0 Å². The molecule has 1 aliphatic carbocycles. The van der Waals surface area contributed by atoms with Crippen molar-refractivity contribution in [1.82, 2.24) is 9.80 Å². The third-order valence-electron chi connectivity index (χ3n) is 5.90. The molecule has 2 fully saturated rings. The van der Waals surface area contributed by atoms with E-state index < -0.39 is 0 Å². The largest absolute Gasteiger partial charge is 0.298 e. The zero-order chi connectivity index (χ0) is 18.9. The van der Waals surface area contributed by atoms with Crippen LogP contribution in [0.1, 0.15) is 64.9 Å². The molecule has 0 aromatic heterocycles. The summed E-state index contributed by atoms with van der Waals surface area (Å²) in [4.78, 5) is 5.41. The first-order valence-corrected chi connectivity index (χ1v) is 11.3. The molecule has 0 N–H and O–H groups in total. The monoisotopic (exact) mass is 398 g/mol. The average molecular weight is 399 g/mol. The molecule has 0 spiro atoms. The minimum Gasteiger partial charge on any atom is -0.298 e. The van der Waals surface area contributed by atoms with Crippen LogP contribution in [0, 0.1) is 0 Å². The van der Waals surface area contributed by atoms with Gasteiger partial charge in [-0.05, 0) is 50.3 Å². The van der Waals surface area contributed by atoms with Crippen LogP contribution in [0.2, 0.25) is 10.0 Å². The van der Waals surface area contributed by atoms with E-state index in [1.807, 2.05) is 26.0 Å². The lowest BCUT2D eigenvalue weighted by molar-refractivity contribution is 0.0586. The summed E-state index contributed by atoms with van der Waals surface area (Å²) in [6.45, 7) is 11.3. The normalized spacial score (nSPS) is 21.1. The average Bonchev–Trinajstić information content (AvgIpc) is 2.71. The van der Waals surface area contributed by atoms with Crippen LogP contribution in [0.25, 0.3) is 0 Å². The van der Waals surface area contributed by atoms with Crippen molar-refractivity contribution in [3.05, 3.63) is 33.8 Å². The van der Waals surface area contributed by atoms with Crippen LogP contribution in [0.3, 0.4) is 0 Å². The first kappa shape index (κ1) is 22.0. The molecule has 4 heteroatoms. The molecular formula is C22H36Cl2N2. The molecule has 148 valence electrons. The van der Waals surface area contributed by atoms with E-state index in [0.717, 1.165) is 12.5 Å². The summed E-state index contributed by atoms with van der Waals surface area (Å²) in [5.74, 6) is 0. The van der Waals surface area contributed by atoms with Gasteiger partial charge in [0.2, 0.25) is 0 Å². The van der Waals surface area contributed by atoms with E-state index in [9.17, 15) is 0 Å². The Morgan fingerprint density at radius 1 is 0.962 bits per heavy atom. The number of benzene rings is 1. The summed E-state index contributed by atoms with van der Waals surface area (Å²) < 4.78 is 0. The number of hydrogen-bond donors (Lipinski definition) is 0. The van der Waals surface area contributed by atoms with Crippen molar-refractivity contribution < 1.29 is 0 Å². The zero-order valence-corrected chi connectivity index (χ0v) is 18.3. The lowest BCUT2D eigenvalue weighted by atomic mass is 9.93. The van der Waals surface area contributed by atoms with Gasteiger partial charge < -0.3 is 0 Å². The summed E-state index contributed by atoms with van der Waals surface area (Å²) in [6, 6.07) is 7.52. The van der Waals surface area contributed by atoms with E-state index in [2.05, 4.69) is 22.8 Å². The predicted molar refractivity (Wildman–Crippen MR) is 116 cm³/mol. The minimum atomic E-state index is 0.632. The second-order valence-electron chi connectivity index (χ2n) is 7.50. The molecule has 1 atom stereocenters. The Hall–Kier alpha value is -0.280. The molecule has 0 bridgehead atoms. The maximum atomic E-state index is 6.12. The Balaban J connectivity index is 0.00000117.